The summed E-state index contributed by atoms with van der Waals surface area (Å²) in [6.45, 7) is 0. The van der Waals surface area contributed by atoms with Crippen LogP contribution in [0, 0.1) is 5.82 Å². The van der Waals surface area contributed by atoms with E-state index in [1.54, 1.807) is 0 Å². The Kier molecular flexibility index (Phi) is 5.29. The standard InChI is InChI=1S/C17H15ClFNO5S2/c18-15-9-12(4-5-16(15)19)20-17(21)11-2-1-3-13(8-11)27(24,25)14-6-7-26(22,23)10-14/h1-5,8-9,14H,6-7,10H2,(H,20,21)/t14-/m1/s1. The van der Waals surface area contributed by atoms with Crippen molar-refractivity contribution in [3.05, 3.63) is 58.9 Å². The number of sulfone groups is 2. The number of carbonyl (C=O) groups is 1. The van der Waals surface area contributed by atoms with Gasteiger partial charge < -0.3 is 5.32 Å². The number of anilines is 1. The maximum atomic E-state index is 13.2. The maximum Gasteiger partial charge on any atom is 0.255 e. The van der Waals surface area contributed by atoms with Crippen molar-refractivity contribution in [2.45, 2.75) is 16.6 Å². The summed E-state index contributed by atoms with van der Waals surface area (Å²) >= 11 is 5.67. The third-order valence-electron chi connectivity index (χ3n) is 4.23. The van der Waals surface area contributed by atoms with Gasteiger partial charge in [-0.15, -0.1) is 0 Å². The van der Waals surface area contributed by atoms with Gasteiger partial charge in [0.1, 0.15) is 5.82 Å². The predicted molar refractivity (Wildman–Crippen MR) is 100 cm³/mol. The van der Waals surface area contributed by atoms with Crippen molar-refractivity contribution in [2.75, 3.05) is 16.8 Å². The first kappa shape index (κ1) is 19.8. The van der Waals surface area contributed by atoms with Crippen molar-refractivity contribution in [3.63, 3.8) is 0 Å². The van der Waals surface area contributed by atoms with Crippen molar-refractivity contribution >= 4 is 42.9 Å². The van der Waals surface area contributed by atoms with Gasteiger partial charge in [-0.05, 0) is 42.8 Å². The quantitative estimate of drug-likeness (QED) is 0.802. The lowest BCUT2D eigenvalue weighted by Crippen LogP contribution is -2.23. The van der Waals surface area contributed by atoms with Crippen molar-refractivity contribution < 1.29 is 26.0 Å². The molecule has 0 bridgehead atoms. The van der Waals surface area contributed by atoms with Crippen LogP contribution in [0.15, 0.2) is 47.4 Å². The molecule has 1 heterocycles. The number of benzene rings is 2. The van der Waals surface area contributed by atoms with Gasteiger partial charge in [-0.3, -0.25) is 4.79 Å². The van der Waals surface area contributed by atoms with E-state index in [2.05, 4.69) is 5.32 Å². The predicted octanol–water partition coefficient (Wildman–Crippen LogP) is 2.69. The van der Waals surface area contributed by atoms with Gasteiger partial charge >= 0.3 is 0 Å². The summed E-state index contributed by atoms with van der Waals surface area (Å²) < 4.78 is 61.7. The third kappa shape index (κ3) is 4.31. The molecule has 0 spiro atoms. The zero-order valence-corrected chi connectivity index (χ0v) is 16.2. The van der Waals surface area contributed by atoms with Crippen molar-refractivity contribution in [3.8, 4) is 0 Å². The van der Waals surface area contributed by atoms with Crippen LogP contribution in [0.2, 0.25) is 5.02 Å². The minimum absolute atomic E-state index is 0.0369. The van der Waals surface area contributed by atoms with Crippen molar-refractivity contribution in [1.29, 1.82) is 0 Å². The van der Waals surface area contributed by atoms with Crippen LogP contribution in [-0.2, 0) is 19.7 Å². The zero-order valence-electron chi connectivity index (χ0n) is 13.9. The van der Waals surface area contributed by atoms with Crippen LogP contribution in [0.4, 0.5) is 10.1 Å². The summed E-state index contributed by atoms with van der Waals surface area (Å²) in [7, 11) is -7.24. The summed E-state index contributed by atoms with van der Waals surface area (Å²) in [6, 6.07) is 9.00. The molecule has 2 aromatic carbocycles. The Morgan fingerprint density at radius 2 is 1.93 bits per heavy atom. The maximum absolute atomic E-state index is 13.2. The van der Waals surface area contributed by atoms with Gasteiger partial charge in [-0.25, -0.2) is 21.2 Å². The number of rotatable bonds is 4. The summed E-state index contributed by atoms with van der Waals surface area (Å²) in [5.41, 5.74) is 0.318. The van der Waals surface area contributed by atoms with Gasteiger partial charge in [0.2, 0.25) is 0 Å². The van der Waals surface area contributed by atoms with Gasteiger partial charge in [0, 0.05) is 11.3 Å². The Labute approximate surface area is 161 Å². The highest BCUT2D eigenvalue weighted by Gasteiger charge is 2.38. The molecule has 1 amide bonds. The van der Waals surface area contributed by atoms with Crippen LogP contribution in [0.5, 0.6) is 0 Å². The molecule has 1 saturated heterocycles. The van der Waals surface area contributed by atoms with E-state index in [1.807, 2.05) is 0 Å². The van der Waals surface area contributed by atoms with Gasteiger partial charge in [0.25, 0.3) is 5.91 Å². The fraction of sp³-hybridized carbons (Fsp3) is 0.235. The molecule has 6 nitrogen and oxygen atoms in total. The van der Waals surface area contributed by atoms with Gasteiger partial charge in [-0.2, -0.15) is 0 Å². The van der Waals surface area contributed by atoms with E-state index >= 15 is 0 Å². The molecule has 0 saturated carbocycles. The topological polar surface area (TPSA) is 97.4 Å². The summed E-state index contributed by atoms with van der Waals surface area (Å²) in [4.78, 5) is 12.3. The van der Waals surface area contributed by atoms with E-state index in [1.165, 1.54) is 36.4 Å². The minimum Gasteiger partial charge on any atom is -0.322 e. The lowest BCUT2D eigenvalue weighted by Gasteiger charge is -2.12. The zero-order chi connectivity index (χ0) is 19.8. The molecule has 0 aromatic heterocycles. The first-order valence-electron chi connectivity index (χ1n) is 7.89. The second-order valence-electron chi connectivity index (χ2n) is 6.18. The largest absolute Gasteiger partial charge is 0.322 e. The Balaban J connectivity index is 1.84. The Bertz CT molecular complexity index is 1120. The summed E-state index contributed by atoms with van der Waals surface area (Å²) in [6.07, 6.45) is 0.0369. The average molecular weight is 432 g/mol. The molecule has 3 rings (SSSR count). The van der Waals surface area contributed by atoms with Crippen LogP contribution in [0.25, 0.3) is 0 Å². The van der Waals surface area contributed by atoms with Gasteiger partial charge in [-0.1, -0.05) is 17.7 Å². The van der Waals surface area contributed by atoms with Gasteiger partial charge in [0.05, 0.1) is 26.7 Å². The normalized spacial score (nSPS) is 19.0. The van der Waals surface area contributed by atoms with Crippen LogP contribution in [-0.4, -0.2) is 39.5 Å². The monoisotopic (exact) mass is 431 g/mol. The third-order valence-corrected chi connectivity index (χ3v) is 8.69. The van der Waals surface area contributed by atoms with Crippen LogP contribution in [0.3, 0.4) is 0 Å². The molecule has 2 aromatic rings. The number of nitrogens with one attached hydrogen (secondary N) is 1. The molecule has 1 aliphatic heterocycles. The second kappa shape index (κ2) is 7.21. The van der Waals surface area contributed by atoms with Crippen LogP contribution in [0.1, 0.15) is 16.8 Å². The molecule has 10 heteroatoms. The molecular formula is C17H15ClFNO5S2. The SMILES string of the molecule is O=C(Nc1ccc(F)c(Cl)c1)c1cccc(S(=O)(=O)[C@@H]2CCS(=O)(=O)C2)c1. The smallest absolute Gasteiger partial charge is 0.255 e. The lowest BCUT2D eigenvalue weighted by atomic mass is 10.2. The number of hydrogen-bond acceptors (Lipinski definition) is 5. The minimum atomic E-state index is -3.88. The average Bonchev–Trinajstić information content (AvgIpc) is 2.99. The molecule has 1 N–H and O–H groups in total. The first-order chi connectivity index (χ1) is 12.6. The van der Waals surface area contributed by atoms with E-state index in [-0.39, 0.29) is 33.3 Å². The Morgan fingerprint density at radius 3 is 2.56 bits per heavy atom. The van der Waals surface area contributed by atoms with E-state index in [0.717, 1.165) is 6.07 Å². The van der Waals surface area contributed by atoms with E-state index in [4.69, 9.17) is 11.6 Å². The summed E-state index contributed by atoms with van der Waals surface area (Å²) in [5, 5.41) is 1.33. The van der Waals surface area contributed by atoms with E-state index in [9.17, 15) is 26.0 Å². The molecule has 1 aliphatic rings. The molecule has 144 valence electrons. The number of amides is 1. The highest BCUT2D eigenvalue weighted by molar-refractivity contribution is 7.96. The number of hydrogen-bond donors (Lipinski definition) is 1. The number of halogens is 2. The van der Waals surface area contributed by atoms with Crippen molar-refractivity contribution in [1.82, 2.24) is 0 Å². The Morgan fingerprint density at radius 1 is 1.19 bits per heavy atom. The molecule has 0 radical (unpaired) electrons. The lowest BCUT2D eigenvalue weighted by molar-refractivity contribution is 0.102. The summed E-state index contributed by atoms with van der Waals surface area (Å²) in [5.74, 6) is -1.81. The fourth-order valence-corrected chi connectivity index (χ4v) is 7.37. The van der Waals surface area contributed by atoms with Gasteiger partial charge in [0.15, 0.2) is 19.7 Å². The highest BCUT2D eigenvalue weighted by atomic mass is 35.5. The van der Waals surface area contributed by atoms with Crippen molar-refractivity contribution in [2.24, 2.45) is 0 Å². The molecule has 1 fully saturated rings. The van der Waals surface area contributed by atoms with Crippen LogP contribution >= 0.6 is 11.6 Å². The van der Waals surface area contributed by atoms with Crippen LogP contribution < -0.4 is 5.32 Å². The van der Waals surface area contributed by atoms with E-state index in [0.29, 0.717) is 0 Å². The van der Waals surface area contributed by atoms with E-state index < -0.39 is 42.4 Å². The highest BCUT2D eigenvalue weighted by Crippen LogP contribution is 2.26. The second-order valence-corrected chi connectivity index (χ2v) is 11.0. The molecule has 27 heavy (non-hydrogen) atoms. The number of carbonyl (C=O) groups excluding carboxylic acids is 1. The Hall–Kier alpha value is -1.97. The molecule has 0 aliphatic carbocycles. The fourth-order valence-electron chi connectivity index (χ4n) is 2.79. The molecule has 0 unspecified atom stereocenters. The first-order valence-corrected chi connectivity index (χ1v) is 11.6. The molecule has 1 atom stereocenters. The molecular weight excluding hydrogens is 417 g/mol.